The largest absolute Gasteiger partial charge is 0.369 e. The van der Waals surface area contributed by atoms with Crippen molar-refractivity contribution in [2.75, 3.05) is 26.3 Å². The lowest BCUT2D eigenvalue weighted by Crippen LogP contribution is -2.39. The standard InChI is InChI=1S/C18H18ClNO2S/c1-2-11-22-12-13-7-9-20(10-8-13)18(21)17-16(19)14-5-3-4-6-15(14)23-17/h1,3-6,13H,7-12H2. The molecule has 0 atom stereocenters. The summed E-state index contributed by atoms with van der Waals surface area (Å²) in [5.41, 5.74) is 0. The minimum atomic E-state index is 0.0409. The van der Waals surface area contributed by atoms with Crippen molar-refractivity contribution in [3.63, 3.8) is 0 Å². The van der Waals surface area contributed by atoms with E-state index < -0.39 is 0 Å². The molecule has 0 bridgehead atoms. The molecule has 0 spiro atoms. The van der Waals surface area contributed by atoms with Crippen molar-refractivity contribution in [1.82, 2.24) is 4.90 Å². The Bertz CT molecular complexity index is 741. The van der Waals surface area contributed by atoms with Crippen LogP contribution < -0.4 is 0 Å². The second kappa shape index (κ2) is 7.35. The van der Waals surface area contributed by atoms with Gasteiger partial charge in [0.25, 0.3) is 5.91 Å². The average molecular weight is 348 g/mol. The second-order valence-electron chi connectivity index (χ2n) is 5.70. The van der Waals surface area contributed by atoms with Crippen LogP contribution in [0.5, 0.6) is 0 Å². The van der Waals surface area contributed by atoms with Crippen molar-refractivity contribution >= 4 is 38.9 Å². The molecule has 1 aromatic heterocycles. The first-order valence-corrected chi connectivity index (χ1v) is 8.87. The number of hydrogen-bond acceptors (Lipinski definition) is 3. The lowest BCUT2D eigenvalue weighted by Gasteiger charge is -2.31. The van der Waals surface area contributed by atoms with Crippen LogP contribution >= 0.6 is 22.9 Å². The minimum absolute atomic E-state index is 0.0409. The van der Waals surface area contributed by atoms with Gasteiger partial charge in [0.15, 0.2) is 0 Å². The highest BCUT2D eigenvalue weighted by atomic mass is 35.5. The molecular weight excluding hydrogens is 330 g/mol. The van der Waals surface area contributed by atoms with E-state index in [4.69, 9.17) is 22.8 Å². The van der Waals surface area contributed by atoms with Gasteiger partial charge in [-0.15, -0.1) is 17.8 Å². The maximum Gasteiger partial charge on any atom is 0.265 e. The second-order valence-corrected chi connectivity index (χ2v) is 7.13. The van der Waals surface area contributed by atoms with Gasteiger partial charge in [-0.2, -0.15) is 0 Å². The summed E-state index contributed by atoms with van der Waals surface area (Å²) in [6, 6.07) is 7.86. The zero-order valence-electron chi connectivity index (χ0n) is 12.8. The molecule has 0 N–H and O–H groups in total. The fraction of sp³-hybridized carbons (Fsp3) is 0.389. The number of nitrogens with zero attached hydrogens (tertiary/aromatic N) is 1. The van der Waals surface area contributed by atoms with E-state index in [1.807, 2.05) is 29.2 Å². The van der Waals surface area contributed by atoms with Gasteiger partial charge in [-0.05, 0) is 24.8 Å². The van der Waals surface area contributed by atoms with E-state index in [-0.39, 0.29) is 5.91 Å². The van der Waals surface area contributed by atoms with Gasteiger partial charge < -0.3 is 9.64 Å². The Morgan fingerprint density at radius 2 is 2.13 bits per heavy atom. The molecular formula is C18H18ClNO2S. The molecule has 23 heavy (non-hydrogen) atoms. The van der Waals surface area contributed by atoms with Crippen molar-refractivity contribution in [3.05, 3.63) is 34.2 Å². The van der Waals surface area contributed by atoms with Crippen LogP contribution in [0.2, 0.25) is 5.02 Å². The van der Waals surface area contributed by atoms with Gasteiger partial charge in [-0.3, -0.25) is 4.79 Å². The van der Waals surface area contributed by atoms with Crippen LogP contribution in [0, 0.1) is 18.3 Å². The van der Waals surface area contributed by atoms with E-state index in [1.165, 1.54) is 11.3 Å². The fourth-order valence-corrected chi connectivity index (χ4v) is 4.36. The molecule has 5 heteroatoms. The lowest BCUT2D eigenvalue weighted by atomic mass is 9.97. The molecule has 120 valence electrons. The van der Waals surface area contributed by atoms with Crippen molar-refractivity contribution in [2.24, 2.45) is 5.92 Å². The molecule has 2 aromatic rings. The number of benzene rings is 1. The van der Waals surface area contributed by atoms with E-state index in [9.17, 15) is 4.79 Å². The van der Waals surface area contributed by atoms with E-state index in [0.717, 1.165) is 36.0 Å². The third-order valence-electron chi connectivity index (χ3n) is 4.17. The number of carbonyl (C=O) groups excluding carboxylic acids is 1. The monoisotopic (exact) mass is 347 g/mol. The Morgan fingerprint density at radius 3 is 2.83 bits per heavy atom. The van der Waals surface area contributed by atoms with Crippen molar-refractivity contribution in [1.29, 1.82) is 0 Å². The first-order valence-electron chi connectivity index (χ1n) is 7.68. The highest BCUT2D eigenvalue weighted by Gasteiger charge is 2.26. The normalized spacial score (nSPS) is 15.7. The zero-order chi connectivity index (χ0) is 16.2. The van der Waals surface area contributed by atoms with Gasteiger partial charge in [0.1, 0.15) is 11.5 Å². The molecule has 0 aliphatic carbocycles. The number of fused-ring (bicyclic) bond motifs is 1. The maximum absolute atomic E-state index is 12.8. The number of ether oxygens (including phenoxy) is 1. The van der Waals surface area contributed by atoms with Gasteiger partial charge in [0.05, 0.1) is 11.6 Å². The zero-order valence-corrected chi connectivity index (χ0v) is 14.3. The molecule has 0 unspecified atom stereocenters. The number of likely N-dealkylation sites (tertiary alicyclic amines) is 1. The van der Waals surface area contributed by atoms with E-state index in [0.29, 0.717) is 29.0 Å². The summed E-state index contributed by atoms with van der Waals surface area (Å²) < 4.78 is 6.46. The predicted octanol–water partition coefficient (Wildman–Crippen LogP) is 4.06. The molecule has 3 nitrogen and oxygen atoms in total. The van der Waals surface area contributed by atoms with Crippen LogP contribution in [-0.2, 0) is 4.74 Å². The third kappa shape index (κ3) is 3.53. The van der Waals surface area contributed by atoms with Crippen molar-refractivity contribution < 1.29 is 9.53 Å². The number of rotatable bonds is 4. The Morgan fingerprint density at radius 1 is 1.39 bits per heavy atom. The summed E-state index contributed by atoms with van der Waals surface area (Å²) in [4.78, 5) is 15.3. The molecule has 3 rings (SSSR count). The van der Waals surface area contributed by atoms with Crippen LogP contribution in [0.4, 0.5) is 0 Å². The summed E-state index contributed by atoms with van der Waals surface area (Å²) in [6.45, 7) is 2.52. The first kappa shape index (κ1) is 16.3. The molecule has 1 fully saturated rings. The number of halogens is 1. The fourth-order valence-electron chi connectivity index (χ4n) is 2.88. The number of thiophene rings is 1. The first-order chi connectivity index (χ1) is 11.2. The molecule has 1 aliphatic rings. The van der Waals surface area contributed by atoms with Crippen LogP contribution in [0.3, 0.4) is 0 Å². The quantitative estimate of drug-likeness (QED) is 0.616. The van der Waals surface area contributed by atoms with Crippen LogP contribution in [-0.4, -0.2) is 37.1 Å². The molecule has 0 radical (unpaired) electrons. The van der Waals surface area contributed by atoms with Gasteiger partial charge in [-0.25, -0.2) is 0 Å². The third-order valence-corrected chi connectivity index (χ3v) is 5.83. The highest BCUT2D eigenvalue weighted by molar-refractivity contribution is 7.21. The van der Waals surface area contributed by atoms with Gasteiger partial charge in [0.2, 0.25) is 0 Å². The number of hydrogen-bond donors (Lipinski definition) is 0. The topological polar surface area (TPSA) is 29.5 Å². The Labute approximate surface area is 145 Å². The van der Waals surface area contributed by atoms with Crippen molar-refractivity contribution in [2.45, 2.75) is 12.8 Å². The van der Waals surface area contributed by atoms with Crippen molar-refractivity contribution in [3.8, 4) is 12.3 Å². The van der Waals surface area contributed by atoms with E-state index in [2.05, 4.69) is 5.92 Å². The van der Waals surface area contributed by atoms with E-state index in [1.54, 1.807) is 0 Å². The average Bonchev–Trinajstić information content (AvgIpc) is 2.92. The number of amides is 1. The summed E-state index contributed by atoms with van der Waals surface area (Å²) in [6.07, 6.45) is 7.06. The Kier molecular flexibility index (Phi) is 5.22. The molecule has 0 saturated carbocycles. The number of piperidine rings is 1. The predicted molar refractivity (Wildman–Crippen MR) is 95.1 cm³/mol. The van der Waals surface area contributed by atoms with Gasteiger partial charge in [0, 0.05) is 23.2 Å². The summed E-state index contributed by atoms with van der Waals surface area (Å²) in [5.74, 6) is 2.99. The smallest absolute Gasteiger partial charge is 0.265 e. The van der Waals surface area contributed by atoms with Crippen LogP contribution in [0.15, 0.2) is 24.3 Å². The van der Waals surface area contributed by atoms with Crippen LogP contribution in [0.25, 0.3) is 10.1 Å². The Balaban J connectivity index is 1.65. The van der Waals surface area contributed by atoms with Crippen LogP contribution in [0.1, 0.15) is 22.5 Å². The Hall–Kier alpha value is -1.54. The molecule has 1 saturated heterocycles. The molecule has 1 aromatic carbocycles. The van der Waals surface area contributed by atoms with E-state index >= 15 is 0 Å². The maximum atomic E-state index is 12.8. The van der Waals surface area contributed by atoms with Gasteiger partial charge >= 0.3 is 0 Å². The molecule has 2 heterocycles. The minimum Gasteiger partial charge on any atom is -0.369 e. The number of carbonyl (C=O) groups is 1. The SMILES string of the molecule is C#CCOCC1CCN(C(=O)c2sc3ccccc3c2Cl)CC1. The molecule has 1 amide bonds. The summed E-state index contributed by atoms with van der Waals surface area (Å²) in [5, 5.41) is 1.54. The number of terminal acetylenes is 1. The molecule has 1 aliphatic heterocycles. The lowest BCUT2D eigenvalue weighted by molar-refractivity contribution is 0.0586. The van der Waals surface area contributed by atoms with Gasteiger partial charge in [-0.1, -0.05) is 35.7 Å². The highest BCUT2D eigenvalue weighted by Crippen LogP contribution is 2.36. The summed E-state index contributed by atoms with van der Waals surface area (Å²) in [7, 11) is 0. The summed E-state index contributed by atoms with van der Waals surface area (Å²) >= 11 is 7.88.